The van der Waals surface area contributed by atoms with Crippen LogP contribution in [0, 0.1) is 0 Å². The van der Waals surface area contributed by atoms with Crippen LogP contribution >= 0.6 is 0 Å². The fourth-order valence-electron chi connectivity index (χ4n) is 2.01. The molecule has 0 amide bonds. The van der Waals surface area contributed by atoms with Crippen LogP contribution in [0.2, 0.25) is 0 Å². The van der Waals surface area contributed by atoms with Gasteiger partial charge in [0.15, 0.2) is 0 Å². The summed E-state index contributed by atoms with van der Waals surface area (Å²) in [4.78, 5) is 4.14. The van der Waals surface area contributed by atoms with Crippen LogP contribution < -0.4 is 10.5 Å². The second kappa shape index (κ2) is 5.31. The lowest BCUT2D eigenvalue weighted by Crippen LogP contribution is -2.15. The molecule has 0 unspecified atom stereocenters. The van der Waals surface area contributed by atoms with Gasteiger partial charge in [-0.1, -0.05) is 45.0 Å². The van der Waals surface area contributed by atoms with Crippen LogP contribution in [0.1, 0.15) is 31.9 Å². The Kier molecular flexibility index (Phi) is 3.74. The minimum absolute atomic E-state index is 0.106. The highest BCUT2D eigenvalue weighted by atomic mass is 16.5. The van der Waals surface area contributed by atoms with E-state index in [9.17, 15) is 0 Å². The fraction of sp³-hybridized carbons (Fsp3) is 0.312. The Morgan fingerprint density at radius 1 is 1.11 bits per heavy atom. The Morgan fingerprint density at radius 2 is 1.84 bits per heavy atom. The molecule has 0 aliphatic heterocycles. The van der Waals surface area contributed by atoms with E-state index in [0.29, 0.717) is 18.2 Å². The van der Waals surface area contributed by atoms with Crippen molar-refractivity contribution < 1.29 is 4.74 Å². The lowest BCUT2D eigenvalue weighted by atomic mass is 9.84. The van der Waals surface area contributed by atoms with Gasteiger partial charge in [-0.2, -0.15) is 0 Å². The molecule has 1 aromatic heterocycles. The average Bonchev–Trinajstić information content (AvgIpc) is 2.37. The SMILES string of the molecule is CC(C)(C)c1ccccc1COc1ccc(N)cn1. The molecule has 2 aromatic rings. The van der Waals surface area contributed by atoms with Crippen LogP contribution in [0.25, 0.3) is 0 Å². The summed E-state index contributed by atoms with van der Waals surface area (Å²) in [6.45, 7) is 7.12. The largest absolute Gasteiger partial charge is 0.473 e. The average molecular weight is 256 g/mol. The van der Waals surface area contributed by atoms with Crippen molar-refractivity contribution in [2.24, 2.45) is 0 Å². The second-order valence-corrected chi connectivity index (χ2v) is 5.63. The van der Waals surface area contributed by atoms with Crippen LogP contribution in [0.15, 0.2) is 42.6 Å². The van der Waals surface area contributed by atoms with Crippen LogP contribution in [-0.4, -0.2) is 4.98 Å². The molecule has 0 radical (unpaired) electrons. The lowest BCUT2D eigenvalue weighted by molar-refractivity contribution is 0.291. The molecule has 3 heteroatoms. The molecule has 2 N–H and O–H groups in total. The van der Waals surface area contributed by atoms with Crippen LogP contribution in [-0.2, 0) is 12.0 Å². The van der Waals surface area contributed by atoms with Gasteiger partial charge in [-0.25, -0.2) is 4.98 Å². The van der Waals surface area contributed by atoms with E-state index in [-0.39, 0.29) is 5.41 Å². The van der Waals surface area contributed by atoms with Crippen molar-refractivity contribution in [3.8, 4) is 5.88 Å². The molecule has 100 valence electrons. The van der Waals surface area contributed by atoms with Crippen molar-refractivity contribution in [3.05, 3.63) is 53.7 Å². The Bertz CT molecular complexity index is 541. The van der Waals surface area contributed by atoms with Crippen molar-refractivity contribution in [2.75, 3.05) is 5.73 Å². The van der Waals surface area contributed by atoms with Gasteiger partial charge in [0.25, 0.3) is 0 Å². The zero-order chi connectivity index (χ0) is 13.9. The van der Waals surface area contributed by atoms with Gasteiger partial charge in [-0.3, -0.25) is 0 Å². The topological polar surface area (TPSA) is 48.1 Å². The van der Waals surface area contributed by atoms with Crippen LogP contribution in [0.5, 0.6) is 5.88 Å². The Labute approximate surface area is 114 Å². The number of aromatic nitrogens is 1. The van der Waals surface area contributed by atoms with Crippen molar-refractivity contribution in [3.63, 3.8) is 0 Å². The number of hydrogen-bond acceptors (Lipinski definition) is 3. The number of nitrogens with zero attached hydrogens (tertiary/aromatic N) is 1. The highest BCUT2D eigenvalue weighted by molar-refractivity contribution is 5.36. The smallest absolute Gasteiger partial charge is 0.213 e. The van der Waals surface area contributed by atoms with Crippen LogP contribution in [0.3, 0.4) is 0 Å². The van der Waals surface area contributed by atoms with Gasteiger partial charge in [0, 0.05) is 6.07 Å². The van der Waals surface area contributed by atoms with Gasteiger partial charge < -0.3 is 10.5 Å². The molecule has 2 rings (SSSR count). The Morgan fingerprint density at radius 3 is 2.47 bits per heavy atom. The number of benzene rings is 1. The maximum absolute atomic E-state index is 5.72. The number of nitrogens with two attached hydrogens (primary N) is 1. The molecule has 19 heavy (non-hydrogen) atoms. The minimum atomic E-state index is 0.106. The molecule has 3 nitrogen and oxygen atoms in total. The summed E-state index contributed by atoms with van der Waals surface area (Å²) in [6.07, 6.45) is 1.60. The van der Waals surface area contributed by atoms with E-state index in [1.807, 2.05) is 6.07 Å². The van der Waals surface area contributed by atoms with E-state index in [1.165, 1.54) is 11.1 Å². The van der Waals surface area contributed by atoms with E-state index in [4.69, 9.17) is 10.5 Å². The molecule has 1 heterocycles. The van der Waals surface area contributed by atoms with E-state index < -0.39 is 0 Å². The van der Waals surface area contributed by atoms with Gasteiger partial charge in [-0.15, -0.1) is 0 Å². The summed E-state index contributed by atoms with van der Waals surface area (Å²) in [5.74, 6) is 0.595. The second-order valence-electron chi connectivity index (χ2n) is 5.63. The normalized spacial score (nSPS) is 11.3. The lowest BCUT2D eigenvalue weighted by Gasteiger charge is -2.22. The third-order valence-corrected chi connectivity index (χ3v) is 2.96. The van der Waals surface area contributed by atoms with Crippen LogP contribution in [0.4, 0.5) is 5.69 Å². The van der Waals surface area contributed by atoms with Crippen molar-refractivity contribution >= 4 is 5.69 Å². The summed E-state index contributed by atoms with van der Waals surface area (Å²) >= 11 is 0. The molecule has 1 aromatic carbocycles. The first-order chi connectivity index (χ1) is 8.97. The first-order valence-corrected chi connectivity index (χ1v) is 6.39. The van der Waals surface area contributed by atoms with E-state index in [0.717, 1.165) is 0 Å². The van der Waals surface area contributed by atoms with Crippen molar-refractivity contribution in [2.45, 2.75) is 32.8 Å². The Hall–Kier alpha value is -2.03. The molecular formula is C16H20N2O. The van der Waals surface area contributed by atoms with Gasteiger partial charge in [-0.05, 0) is 22.6 Å². The summed E-state index contributed by atoms with van der Waals surface area (Å²) in [7, 11) is 0. The maximum Gasteiger partial charge on any atom is 0.213 e. The predicted octanol–water partition coefficient (Wildman–Crippen LogP) is 3.54. The summed E-state index contributed by atoms with van der Waals surface area (Å²) in [5.41, 5.74) is 8.83. The number of hydrogen-bond donors (Lipinski definition) is 1. The third-order valence-electron chi connectivity index (χ3n) is 2.96. The number of rotatable bonds is 3. The molecule has 0 atom stereocenters. The zero-order valence-corrected chi connectivity index (χ0v) is 11.7. The molecule has 0 fully saturated rings. The number of anilines is 1. The number of pyridine rings is 1. The Balaban J connectivity index is 2.14. The van der Waals surface area contributed by atoms with Crippen molar-refractivity contribution in [1.82, 2.24) is 4.98 Å². The first-order valence-electron chi connectivity index (χ1n) is 6.39. The minimum Gasteiger partial charge on any atom is -0.473 e. The summed E-state index contributed by atoms with van der Waals surface area (Å²) < 4.78 is 5.72. The third kappa shape index (κ3) is 3.47. The highest BCUT2D eigenvalue weighted by Gasteiger charge is 2.17. The van der Waals surface area contributed by atoms with Gasteiger partial charge in [0.2, 0.25) is 5.88 Å². The summed E-state index contributed by atoms with van der Waals surface area (Å²) in [5, 5.41) is 0. The molecule has 0 bridgehead atoms. The van der Waals surface area contributed by atoms with E-state index in [2.05, 4.69) is 44.0 Å². The first kappa shape index (κ1) is 13.4. The fourth-order valence-corrected chi connectivity index (χ4v) is 2.01. The predicted molar refractivity (Wildman–Crippen MR) is 78.1 cm³/mol. The number of nitrogen functional groups attached to an aromatic ring is 1. The quantitative estimate of drug-likeness (QED) is 0.913. The van der Waals surface area contributed by atoms with Gasteiger partial charge >= 0.3 is 0 Å². The van der Waals surface area contributed by atoms with Gasteiger partial charge in [0.1, 0.15) is 6.61 Å². The van der Waals surface area contributed by atoms with Crippen molar-refractivity contribution in [1.29, 1.82) is 0 Å². The highest BCUT2D eigenvalue weighted by Crippen LogP contribution is 2.26. The standard InChI is InChI=1S/C16H20N2O/c1-16(2,3)14-7-5-4-6-12(14)11-19-15-9-8-13(17)10-18-15/h4-10H,11,17H2,1-3H3. The van der Waals surface area contributed by atoms with E-state index in [1.54, 1.807) is 18.3 Å². The number of ether oxygens (including phenoxy) is 1. The molecule has 0 saturated carbocycles. The monoisotopic (exact) mass is 256 g/mol. The molecule has 0 aliphatic carbocycles. The molecule has 0 spiro atoms. The van der Waals surface area contributed by atoms with Gasteiger partial charge in [0.05, 0.1) is 11.9 Å². The van der Waals surface area contributed by atoms with E-state index >= 15 is 0 Å². The summed E-state index contributed by atoms with van der Waals surface area (Å²) in [6, 6.07) is 11.9. The molecular weight excluding hydrogens is 236 g/mol. The molecule has 0 aliphatic rings. The zero-order valence-electron chi connectivity index (χ0n) is 11.7. The maximum atomic E-state index is 5.72. The molecule has 0 saturated heterocycles.